The minimum absolute atomic E-state index is 0.00865. The molecule has 1 aromatic carbocycles. The van der Waals surface area contributed by atoms with Crippen LogP contribution in [-0.4, -0.2) is 26.8 Å². The molecule has 0 aliphatic carbocycles. The molecule has 0 atom stereocenters. The number of carbonyl (C=O) groups excluding carboxylic acids is 2. The van der Waals surface area contributed by atoms with Gasteiger partial charge in [-0.2, -0.15) is 0 Å². The molecule has 138 valence electrons. The molecule has 0 aliphatic rings. The Morgan fingerprint density at radius 3 is 2.78 bits per heavy atom. The Kier molecular flexibility index (Phi) is 5.72. The smallest absolute Gasteiger partial charge is 0.361 e. The predicted octanol–water partition coefficient (Wildman–Crippen LogP) is 2.36. The second-order valence-electron chi connectivity index (χ2n) is 5.64. The van der Waals surface area contributed by atoms with Crippen molar-refractivity contribution in [1.29, 1.82) is 0 Å². The van der Waals surface area contributed by atoms with Crippen molar-refractivity contribution in [3.8, 4) is 0 Å². The Morgan fingerprint density at radius 2 is 2.00 bits per heavy atom. The van der Waals surface area contributed by atoms with Crippen molar-refractivity contribution in [2.45, 2.75) is 20.0 Å². The number of para-hydroxylation sites is 1. The molecule has 9 heteroatoms. The van der Waals surface area contributed by atoms with Gasteiger partial charge in [0.05, 0.1) is 12.1 Å². The predicted molar refractivity (Wildman–Crippen MR) is 101 cm³/mol. The van der Waals surface area contributed by atoms with Crippen LogP contribution in [0.2, 0.25) is 0 Å². The summed E-state index contributed by atoms with van der Waals surface area (Å²) in [4.78, 5) is 36.1. The molecule has 0 radical (unpaired) electrons. The first kappa shape index (κ1) is 18.5. The summed E-state index contributed by atoms with van der Waals surface area (Å²) in [7, 11) is 0. The van der Waals surface area contributed by atoms with Gasteiger partial charge in [-0.25, -0.2) is 19.7 Å². The minimum atomic E-state index is -0.674. The summed E-state index contributed by atoms with van der Waals surface area (Å²) in [6.07, 6.45) is 2.89. The maximum Gasteiger partial charge on any atom is 0.361 e. The van der Waals surface area contributed by atoms with Crippen LogP contribution in [0.25, 0.3) is 0 Å². The standard InChI is InChI=1S/C18H17N5O3S/c1-11-4-2-3-5-13(11)23-14(24)8-15-22-12(10-27-15)9-26-18(25)16-17(19)21-7-6-20-16/h2-7,10H,8-9H2,1H3,(H2,19,21)(H,23,24). The Bertz CT molecular complexity index is 973. The zero-order valence-corrected chi connectivity index (χ0v) is 15.3. The number of anilines is 2. The highest BCUT2D eigenvalue weighted by atomic mass is 32.1. The van der Waals surface area contributed by atoms with Crippen LogP contribution in [0.15, 0.2) is 42.0 Å². The van der Waals surface area contributed by atoms with Gasteiger partial charge in [-0.15, -0.1) is 11.3 Å². The molecule has 27 heavy (non-hydrogen) atoms. The molecule has 0 saturated carbocycles. The number of aromatic nitrogens is 3. The summed E-state index contributed by atoms with van der Waals surface area (Å²) < 4.78 is 5.15. The summed E-state index contributed by atoms with van der Waals surface area (Å²) >= 11 is 1.33. The number of esters is 1. The lowest BCUT2D eigenvalue weighted by molar-refractivity contribution is -0.115. The van der Waals surface area contributed by atoms with E-state index in [0.29, 0.717) is 10.7 Å². The molecular formula is C18H17N5O3S. The van der Waals surface area contributed by atoms with E-state index < -0.39 is 5.97 Å². The van der Waals surface area contributed by atoms with E-state index in [4.69, 9.17) is 10.5 Å². The van der Waals surface area contributed by atoms with E-state index in [9.17, 15) is 9.59 Å². The number of amides is 1. The lowest BCUT2D eigenvalue weighted by Crippen LogP contribution is -2.15. The molecule has 2 aromatic heterocycles. The van der Waals surface area contributed by atoms with E-state index in [-0.39, 0.29) is 30.4 Å². The molecule has 3 aromatic rings. The zero-order valence-electron chi connectivity index (χ0n) is 14.5. The van der Waals surface area contributed by atoms with Gasteiger partial charge in [-0.05, 0) is 18.6 Å². The first-order chi connectivity index (χ1) is 13.0. The van der Waals surface area contributed by atoms with Crippen LogP contribution in [0.4, 0.5) is 11.5 Å². The van der Waals surface area contributed by atoms with Gasteiger partial charge in [0.1, 0.15) is 11.6 Å². The molecule has 3 N–H and O–H groups in total. The van der Waals surface area contributed by atoms with Gasteiger partial charge in [-0.1, -0.05) is 18.2 Å². The number of carbonyl (C=O) groups is 2. The van der Waals surface area contributed by atoms with E-state index in [1.165, 1.54) is 23.7 Å². The third kappa shape index (κ3) is 4.85. The number of hydrogen-bond donors (Lipinski definition) is 2. The van der Waals surface area contributed by atoms with E-state index in [1.54, 1.807) is 5.38 Å². The second kappa shape index (κ2) is 8.37. The molecule has 2 heterocycles. The molecule has 0 fully saturated rings. The molecule has 0 saturated heterocycles. The summed E-state index contributed by atoms with van der Waals surface area (Å²) in [5, 5.41) is 5.23. The fourth-order valence-corrected chi connectivity index (χ4v) is 3.03. The van der Waals surface area contributed by atoms with Gasteiger partial charge >= 0.3 is 5.97 Å². The largest absolute Gasteiger partial charge is 0.454 e. The number of rotatable bonds is 6. The number of nitrogens with zero attached hydrogens (tertiary/aromatic N) is 3. The first-order valence-corrected chi connectivity index (χ1v) is 8.93. The molecule has 8 nitrogen and oxygen atoms in total. The lowest BCUT2D eigenvalue weighted by atomic mass is 10.2. The fraction of sp³-hybridized carbons (Fsp3) is 0.167. The van der Waals surface area contributed by atoms with Crippen LogP contribution < -0.4 is 11.1 Å². The highest BCUT2D eigenvalue weighted by Crippen LogP contribution is 2.16. The second-order valence-corrected chi connectivity index (χ2v) is 6.58. The zero-order chi connectivity index (χ0) is 19.2. The van der Waals surface area contributed by atoms with Crippen molar-refractivity contribution in [1.82, 2.24) is 15.0 Å². The van der Waals surface area contributed by atoms with Crippen molar-refractivity contribution in [3.05, 3.63) is 64.0 Å². The minimum Gasteiger partial charge on any atom is -0.454 e. The van der Waals surface area contributed by atoms with Crippen LogP contribution in [0.5, 0.6) is 0 Å². The maximum atomic E-state index is 12.2. The molecular weight excluding hydrogens is 366 g/mol. The number of nitrogens with two attached hydrogens (primary N) is 1. The summed E-state index contributed by atoms with van der Waals surface area (Å²) in [5.41, 5.74) is 7.86. The topological polar surface area (TPSA) is 120 Å². The summed E-state index contributed by atoms with van der Waals surface area (Å²) in [6, 6.07) is 7.55. The van der Waals surface area contributed by atoms with Crippen LogP contribution in [0, 0.1) is 6.92 Å². The third-order valence-electron chi connectivity index (χ3n) is 3.60. The summed E-state index contributed by atoms with van der Waals surface area (Å²) in [6.45, 7) is 1.89. The Balaban J connectivity index is 1.54. The number of hydrogen-bond acceptors (Lipinski definition) is 8. The fourth-order valence-electron chi connectivity index (χ4n) is 2.26. The average Bonchev–Trinajstić information content (AvgIpc) is 3.09. The van der Waals surface area contributed by atoms with Gasteiger partial charge in [0, 0.05) is 23.5 Å². The van der Waals surface area contributed by atoms with Crippen molar-refractivity contribution in [2.24, 2.45) is 0 Å². The SMILES string of the molecule is Cc1ccccc1NC(=O)Cc1nc(COC(=O)c2nccnc2N)cs1. The van der Waals surface area contributed by atoms with Gasteiger partial charge in [0.25, 0.3) is 0 Å². The van der Waals surface area contributed by atoms with Crippen LogP contribution in [0.1, 0.15) is 26.8 Å². The van der Waals surface area contributed by atoms with Gasteiger partial charge in [0.15, 0.2) is 11.5 Å². The molecule has 3 rings (SSSR count). The van der Waals surface area contributed by atoms with Crippen LogP contribution in [-0.2, 0) is 22.6 Å². The highest BCUT2D eigenvalue weighted by Gasteiger charge is 2.15. The molecule has 0 bridgehead atoms. The monoisotopic (exact) mass is 383 g/mol. The van der Waals surface area contributed by atoms with Gasteiger partial charge in [-0.3, -0.25) is 4.79 Å². The van der Waals surface area contributed by atoms with Gasteiger partial charge in [0.2, 0.25) is 5.91 Å². The quantitative estimate of drug-likeness (QED) is 0.627. The van der Waals surface area contributed by atoms with E-state index >= 15 is 0 Å². The Morgan fingerprint density at radius 1 is 1.22 bits per heavy atom. The molecule has 0 spiro atoms. The number of aryl methyl sites for hydroxylation is 1. The molecule has 0 unspecified atom stereocenters. The normalized spacial score (nSPS) is 10.4. The van der Waals surface area contributed by atoms with Crippen molar-refractivity contribution >= 4 is 34.7 Å². The van der Waals surface area contributed by atoms with E-state index in [0.717, 1.165) is 11.3 Å². The molecule has 1 amide bonds. The number of nitrogens with one attached hydrogen (secondary N) is 1. The van der Waals surface area contributed by atoms with Crippen molar-refractivity contribution in [3.63, 3.8) is 0 Å². The third-order valence-corrected chi connectivity index (χ3v) is 4.50. The number of benzene rings is 1. The lowest BCUT2D eigenvalue weighted by Gasteiger charge is -2.06. The number of thiazole rings is 1. The van der Waals surface area contributed by atoms with Crippen LogP contribution >= 0.6 is 11.3 Å². The number of nitrogen functional groups attached to an aromatic ring is 1. The van der Waals surface area contributed by atoms with Crippen molar-refractivity contribution in [2.75, 3.05) is 11.1 Å². The summed E-state index contributed by atoms with van der Waals surface area (Å²) in [5.74, 6) is -0.823. The van der Waals surface area contributed by atoms with Crippen molar-refractivity contribution < 1.29 is 14.3 Å². The van der Waals surface area contributed by atoms with Crippen LogP contribution in [0.3, 0.4) is 0 Å². The Hall–Kier alpha value is -3.33. The molecule has 0 aliphatic heterocycles. The Labute approximate surface area is 159 Å². The first-order valence-electron chi connectivity index (χ1n) is 8.05. The van der Waals surface area contributed by atoms with Gasteiger partial charge < -0.3 is 15.8 Å². The van der Waals surface area contributed by atoms with E-state index in [2.05, 4.69) is 20.3 Å². The highest BCUT2D eigenvalue weighted by molar-refractivity contribution is 7.09. The maximum absolute atomic E-state index is 12.2. The van der Waals surface area contributed by atoms with E-state index in [1.807, 2.05) is 31.2 Å². The number of ether oxygens (including phenoxy) is 1. The average molecular weight is 383 g/mol.